The zero-order valence-electron chi connectivity index (χ0n) is 7.62. The first-order valence-corrected chi connectivity index (χ1v) is 5.50. The van der Waals surface area contributed by atoms with E-state index in [4.69, 9.17) is 5.73 Å². The molecule has 0 aliphatic carbocycles. The van der Waals surface area contributed by atoms with Crippen LogP contribution < -0.4 is 5.73 Å². The molecule has 0 bridgehead atoms. The molecule has 0 fully saturated rings. The molecule has 1 rings (SSSR count). The van der Waals surface area contributed by atoms with Gasteiger partial charge in [-0.25, -0.2) is 0 Å². The molecule has 0 saturated heterocycles. The highest BCUT2D eigenvalue weighted by Gasteiger charge is 1.95. The number of hydrogen-bond acceptors (Lipinski definition) is 2. The summed E-state index contributed by atoms with van der Waals surface area (Å²) in [4.78, 5) is 0. The summed E-state index contributed by atoms with van der Waals surface area (Å²) in [6.45, 7) is 2.07. The van der Waals surface area contributed by atoms with Gasteiger partial charge >= 0.3 is 0 Å². The van der Waals surface area contributed by atoms with Gasteiger partial charge in [0.05, 0.1) is 0 Å². The Balaban J connectivity index is 2.04. The number of rotatable bonds is 5. The number of aryl methyl sites for hydroxylation is 1. The van der Waals surface area contributed by atoms with E-state index in [1.165, 1.54) is 24.8 Å². The number of unbranched alkanes of at least 4 members (excludes halogenated alkanes) is 1. The van der Waals surface area contributed by atoms with Crippen LogP contribution >= 0.6 is 11.3 Å². The molecule has 0 aliphatic rings. The molecule has 0 aromatic carbocycles. The lowest BCUT2D eigenvalue weighted by Gasteiger charge is -2.03. The van der Waals surface area contributed by atoms with Gasteiger partial charge in [-0.2, -0.15) is 11.3 Å². The van der Waals surface area contributed by atoms with Crippen molar-refractivity contribution >= 4 is 11.3 Å². The summed E-state index contributed by atoms with van der Waals surface area (Å²) >= 11 is 1.78. The second-order valence-corrected chi connectivity index (χ2v) is 4.13. The van der Waals surface area contributed by atoms with Gasteiger partial charge in [-0.15, -0.1) is 0 Å². The molecule has 0 aliphatic heterocycles. The van der Waals surface area contributed by atoms with Crippen LogP contribution in [0.25, 0.3) is 0 Å². The van der Waals surface area contributed by atoms with Crippen LogP contribution in [-0.2, 0) is 6.42 Å². The average Bonchev–Trinajstić information content (AvgIpc) is 2.49. The highest BCUT2D eigenvalue weighted by Crippen LogP contribution is 2.10. The van der Waals surface area contributed by atoms with Crippen LogP contribution in [0, 0.1) is 0 Å². The molecule has 0 spiro atoms. The number of nitrogens with two attached hydrogens (primary N) is 1. The Morgan fingerprint density at radius 2 is 2.33 bits per heavy atom. The molecule has 1 atom stereocenters. The first kappa shape index (κ1) is 9.75. The van der Waals surface area contributed by atoms with Crippen molar-refractivity contribution in [3.63, 3.8) is 0 Å². The zero-order chi connectivity index (χ0) is 8.81. The molecular formula is C10H17NS. The monoisotopic (exact) mass is 183 g/mol. The first-order chi connectivity index (χ1) is 5.79. The van der Waals surface area contributed by atoms with Gasteiger partial charge in [0.15, 0.2) is 0 Å². The summed E-state index contributed by atoms with van der Waals surface area (Å²) in [5, 5.41) is 4.37. The van der Waals surface area contributed by atoms with Gasteiger partial charge in [0, 0.05) is 6.04 Å². The van der Waals surface area contributed by atoms with Gasteiger partial charge in [-0.3, -0.25) is 0 Å². The Kier molecular flexibility index (Phi) is 4.33. The molecule has 2 heteroatoms. The van der Waals surface area contributed by atoms with Gasteiger partial charge < -0.3 is 5.73 Å². The summed E-state index contributed by atoms with van der Waals surface area (Å²) in [6.07, 6.45) is 4.91. The first-order valence-electron chi connectivity index (χ1n) is 4.55. The lowest BCUT2D eigenvalue weighted by Crippen LogP contribution is -2.13. The highest BCUT2D eigenvalue weighted by atomic mass is 32.1. The number of thiophene rings is 1. The zero-order valence-corrected chi connectivity index (χ0v) is 8.44. The molecule has 1 heterocycles. The molecule has 1 aromatic heterocycles. The summed E-state index contributed by atoms with van der Waals surface area (Å²) in [6, 6.07) is 2.57. The van der Waals surface area contributed by atoms with Gasteiger partial charge in [-0.1, -0.05) is 6.42 Å². The topological polar surface area (TPSA) is 26.0 Å². The maximum atomic E-state index is 5.65. The second kappa shape index (κ2) is 5.33. The largest absolute Gasteiger partial charge is 0.328 e. The molecule has 68 valence electrons. The molecule has 2 N–H and O–H groups in total. The van der Waals surface area contributed by atoms with E-state index in [2.05, 4.69) is 23.8 Å². The fraction of sp³-hybridized carbons (Fsp3) is 0.600. The fourth-order valence-electron chi connectivity index (χ4n) is 1.23. The minimum atomic E-state index is 0.368. The van der Waals surface area contributed by atoms with Crippen molar-refractivity contribution in [1.29, 1.82) is 0 Å². The fourth-order valence-corrected chi connectivity index (χ4v) is 1.93. The van der Waals surface area contributed by atoms with E-state index >= 15 is 0 Å². The van der Waals surface area contributed by atoms with Crippen LogP contribution in [0.4, 0.5) is 0 Å². The predicted molar refractivity (Wildman–Crippen MR) is 55.5 cm³/mol. The van der Waals surface area contributed by atoms with E-state index in [1.807, 2.05) is 0 Å². The van der Waals surface area contributed by atoms with E-state index in [-0.39, 0.29) is 0 Å². The average molecular weight is 183 g/mol. The van der Waals surface area contributed by atoms with E-state index in [0.29, 0.717) is 6.04 Å². The summed E-state index contributed by atoms with van der Waals surface area (Å²) < 4.78 is 0. The Hall–Kier alpha value is -0.340. The highest BCUT2D eigenvalue weighted by molar-refractivity contribution is 7.07. The quantitative estimate of drug-likeness (QED) is 0.698. The van der Waals surface area contributed by atoms with Gasteiger partial charge in [-0.05, 0) is 48.6 Å². The second-order valence-electron chi connectivity index (χ2n) is 3.35. The van der Waals surface area contributed by atoms with Crippen LogP contribution in [0.1, 0.15) is 31.7 Å². The van der Waals surface area contributed by atoms with Crippen LogP contribution in [0.2, 0.25) is 0 Å². The van der Waals surface area contributed by atoms with Crippen molar-refractivity contribution in [3.8, 4) is 0 Å². The molecular weight excluding hydrogens is 166 g/mol. The third kappa shape index (κ3) is 3.88. The van der Waals surface area contributed by atoms with E-state index in [0.717, 1.165) is 6.42 Å². The Morgan fingerprint density at radius 1 is 1.50 bits per heavy atom. The third-order valence-electron chi connectivity index (χ3n) is 1.96. The lowest BCUT2D eigenvalue weighted by molar-refractivity contribution is 0.598. The van der Waals surface area contributed by atoms with Crippen molar-refractivity contribution in [2.24, 2.45) is 5.73 Å². The molecule has 1 aromatic rings. The molecule has 0 amide bonds. The number of hydrogen-bond donors (Lipinski definition) is 1. The lowest BCUT2D eigenvalue weighted by atomic mass is 10.1. The maximum Gasteiger partial charge on any atom is 0.00104 e. The van der Waals surface area contributed by atoms with Crippen LogP contribution in [0.5, 0.6) is 0 Å². The molecule has 0 unspecified atom stereocenters. The summed E-state index contributed by atoms with van der Waals surface area (Å²) in [7, 11) is 0. The SMILES string of the molecule is C[C@@H](N)CCCCc1ccsc1. The van der Waals surface area contributed by atoms with Crippen LogP contribution in [-0.4, -0.2) is 6.04 Å². The smallest absolute Gasteiger partial charge is 0.00104 e. The molecule has 12 heavy (non-hydrogen) atoms. The Morgan fingerprint density at radius 3 is 2.92 bits per heavy atom. The molecule has 0 radical (unpaired) electrons. The normalized spacial score (nSPS) is 13.2. The van der Waals surface area contributed by atoms with E-state index < -0.39 is 0 Å². The Bertz CT molecular complexity index is 192. The standard InChI is InChI=1S/C10H17NS/c1-9(11)4-2-3-5-10-6-7-12-8-10/h6-9H,2-5,11H2,1H3/t9-/m1/s1. The van der Waals surface area contributed by atoms with E-state index in [9.17, 15) is 0 Å². The van der Waals surface area contributed by atoms with Crippen molar-refractivity contribution in [2.45, 2.75) is 38.6 Å². The summed E-state index contributed by atoms with van der Waals surface area (Å²) in [5.41, 5.74) is 7.13. The summed E-state index contributed by atoms with van der Waals surface area (Å²) in [5.74, 6) is 0. The Labute approximate surface area is 78.6 Å². The predicted octanol–water partition coefficient (Wildman–Crippen LogP) is 2.81. The minimum Gasteiger partial charge on any atom is -0.328 e. The molecule has 0 saturated carbocycles. The van der Waals surface area contributed by atoms with Gasteiger partial charge in [0.1, 0.15) is 0 Å². The minimum absolute atomic E-state index is 0.368. The van der Waals surface area contributed by atoms with Crippen molar-refractivity contribution < 1.29 is 0 Å². The van der Waals surface area contributed by atoms with E-state index in [1.54, 1.807) is 11.3 Å². The van der Waals surface area contributed by atoms with Gasteiger partial charge in [0.2, 0.25) is 0 Å². The van der Waals surface area contributed by atoms with Crippen LogP contribution in [0.3, 0.4) is 0 Å². The van der Waals surface area contributed by atoms with Crippen molar-refractivity contribution in [2.75, 3.05) is 0 Å². The maximum absolute atomic E-state index is 5.65. The molecule has 1 nitrogen and oxygen atoms in total. The van der Waals surface area contributed by atoms with Gasteiger partial charge in [0.25, 0.3) is 0 Å². The third-order valence-corrected chi connectivity index (χ3v) is 2.69. The van der Waals surface area contributed by atoms with Crippen LogP contribution in [0.15, 0.2) is 16.8 Å². The van der Waals surface area contributed by atoms with Crippen molar-refractivity contribution in [3.05, 3.63) is 22.4 Å². The van der Waals surface area contributed by atoms with Crippen molar-refractivity contribution in [1.82, 2.24) is 0 Å².